The molecule has 4 nitrogen and oxygen atoms in total. The molecule has 3 aromatic rings. The molecule has 0 radical (unpaired) electrons. The summed E-state index contributed by atoms with van der Waals surface area (Å²) in [5, 5.41) is 4.52. The summed E-state index contributed by atoms with van der Waals surface area (Å²) in [6.45, 7) is -0.256. The molecule has 0 bridgehead atoms. The maximum atomic E-state index is 12.4. The number of alkyl halides is 3. The standard InChI is InChI=1S/C22H17F3N2O2/c23-22(24,25)21(29)26-14-15-6-12-19(13-7-15)27-20(28)18-10-8-17(9-11-18)16-4-2-1-3-5-16/h1-13H,14H2,(H,26,29)(H,27,28). The van der Waals surface area contributed by atoms with Crippen LogP contribution in [0.4, 0.5) is 18.9 Å². The molecule has 0 saturated carbocycles. The third-order valence-electron chi connectivity index (χ3n) is 4.18. The molecule has 148 valence electrons. The highest BCUT2D eigenvalue weighted by Gasteiger charge is 2.38. The van der Waals surface area contributed by atoms with E-state index in [0.29, 0.717) is 16.8 Å². The predicted octanol–water partition coefficient (Wildman–Crippen LogP) is 4.78. The Labute approximate surface area is 165 Å². The van der Waals surface area contributed by atoms with Gasteiger partial charge in [-0.3, -0.25) is 9.59 Å². The molecule has 0 aliphatic heterocycles. The third kappa shape index (κ3) is 5.44. The molecule has 0 aliphatic carbocycles. The van der Waals surface area contributed by atoms with E-state index >= 15 is 0 Å². The van der Waals surface area contributed by atoms with Crippen LogP contribution in [0.3, 0.4) is 0 Å². The Kier molecular flexibility index (Phi) is 5.97. The van der Waals surface area contributed by atoms with Crippen LogP contribution in [0.1, 0.15) is 15.9 Å². The highest BCUT2D eigenvalue weighted by molar-refractivity contribution is 6.04. The lowest BCUT2D eigenvalue weighted by Gasteiger charge is -2.09. The van der Waals surface area contributed by atoms with Crippen molar-refractivity contribution in [3.63, 3.8) is 0 Å². The number of nitrogens with one attached hydrogen (secondary N) is 2. The van der Waals surface area contributed by atoms with E-state index in [9.17, 15) is 22.8 Å². The van der Waals surface area contributed by atoms with Gasteiger partial charge in [-0.15, -0.1) is 0 Å². The zero-order valence-electron chi connectivity index (χ0n) is 15.2. The van der Waals surface area contributed by atoms with Crippen LogP contribution in [-0.2, 0) is 11.3 Å². The van der Waals surface area contributed by atoms with Gasteiger partial charge < -0.3 is 10.6 Å². The second kappa shape index (κ2) is 8.60. The van der Waals surface area contributed by atoms with Gasteiger partial charge >= 0.3 is 12.1 Å². The van der Waals surface area contributed by atoms with Crippen molar-refractivity contribution < 1.29 is 22.8 Å². The number of benzene rings is 3. The summed E-state index contributed by atoms with van der Waals surface area (Å²) in [4.78, 5) is 23.2. The monoisotopic (exact) mass is 398 g/mol. The summed E-state index contributed by atoms with van der Waals surface area (Å²) >= 11 is 0. The third-order valence-corrected chi connectivity index (χ3v) is 4.18. The number of halogens is 3. The fourth-order valence-corrected chi connectivity index (χ4v) is 2.64. The van der Waals surface area contributed by atoms with Gasteiger partial charge in [0.2, 0.25) is 0 Å². The van der Waals surface area contributed by atoms with Gasteiger partial charge in [-0.1, -0.05) is 54.6 Å². The van der Waals surface area contributed by atoms with E-state index in [0.717, 1.165) is 11.1 Å². The van der Waals surface area contributed by atoms with Crippen molar-refractivity contribution in [2.75, 3.05) is 5.32 Å². The first-order valence-electron chi connectivity index (χ1n) is 8.74. The minimum atomic E-state index is -4.91. The number of amides is 2. The van der Waals surface area contributed by atoms with Crippen LogP contribution in [-0.4, -0.2) is 18.0 Å². The molecule has 2 N–H and O–H groups in total. The highest BCUT2D eigenvalue weighted by atomic mass is 19.4. The van der Waals surface area contributed by atoms with Gasteiger partial charge in [-0.2, -0.15) is 13.2 Å². The van der Waals surface area contributed by atoms with Crippen LogP contribution in [0.25, 0.3) is 11.1 Å². The van der Waals surface area contributed by atoms with Crippen LogP contribution in [0.5, 0.6) is 0 Å². The van der Waals surface area contributed by atoms with E-state index < -0.39 is 12.1 Å². The lowest BCUT2D eigenvalue weighted by molar-refractivity contribution is -0.173. The van der Waals surface area contributed by atoms with Gasteiger partial charge in [-0.05, 0) is 41.0 Å². The summed E-state index contributed by atoms with van der Waals surface area (Å²) in [5.74, 6) is -2.29. The second-order valence-corrected chi connectivity index (χ2v) is 6.27. The first kappa shape index (κ1) is 20.1. The SMILES string of the molecule is O=C(Nc1ccc(CNC(=O)C(F)(F)F)cc1)c1ccc(-c2ccccc2)cc1. The van der Waals surface area contributed by atoms with Crippen molar-refractivity contribution in [2.24, 2.45) is 0 Å². The van der Waals surface area contributed by atoms with Crippen molar-refractivity contribution >= 4 is 17.5 Å². The molecule has 3 aromatic carbocycles. The maximum Gasteiger partial charge on any atom is 0.471 e. The fraction of sp³-hybridized carbons (Fsp3) is 0.0909. The van der Waals surface area contributed by atoms with Crippen molar-refractivity contribution in [2.45, 2.75) is 12.7 Å². The van der Waals surface area contributed by atoms with Gasteiger partial charge in [0, 0.05) is 17.8 Å². The number of hydrogen-bond donors (Lipinski definition) is 2. The van der Waals surface area contributed by atoms with Gasteiger partial charge in [0.15, 0.2) is 0 Å². The highest BCUT2D eigenvalue weighted by Crippen LogP contribution is 2.20. The summed E-state index contributed by atoms with van der Waals surface area (Å²) in [6.07, 6.45) is -4.91. The van der Waals surface area contributed by atoms with E-state index in [1.807, 2.05) is 42.5 Å². The normalized spacial score (nSPS) is 11.0. The molecule has 7 heteroatoms. The molecule has 0 aromatic heterocycles. The van der Waals surface area contributed by atoms with E-state index in [-0.39, 0.29) is 12.5 Å². The Hall–Kier alpha value is -3.61. The molecule has 0 aliphatic rings. The molecule has 29 heavy (non-hydrogen) atoms. The average molecular weight is 398 g/mol. The van der Waals surface area contributed by atoms with Crippen molar-refractivity contribution in [3.8, 4) is 11.1 Å². The van der Waals surface area contributed by atoms with Gasteiger partial charge in [0.05, 0.1) is 0 Å². The van der Waals surface area contributed by atoms with Crippen molar-refractivity contribution in [1.82, 2.24) is 5.32 Å². The maximum absolute atomic E-state index is 12.4. The summed E-state index contributed by atoms with van der Waals surface area (Å²) in [5.41, 5.74) is 3.49. The Morgan fingerprint density at radius 1 is 0.759 bits per heavy atom. The first-order chi connectivity index (χ1) is 13.8. The smallest absolute Gasteiger partial charge is 0.344 e. The first-order valence-corrected chi connectivity index (χ1v) is 8.74. The molecule has 0 unspecified atom stereocenters. The fourth-order valence-electron chi connectivity index (χ4n) is 2.64. The topological polar surface area (TPSA) is 58.2 Å². The lowest BCUT2D eigenvalue weighted by Crippen LogP contribution is -2.36. The Morgan fingerprint density at radius 2 is 1.34 bits per heavy atom. The Balaban J connectivity index is 1.58. The Morgan fingerprint density at radius 3 is 1.93 bits per heavy atom. The van der Waals surface area contributed by atoms with E-state index in [4.69, 9.17) is 0 Å². The predicted molar refractivity (Wildman–Crippen MR) is 104 cm³/mol. The van der Waals surface area contributed by atoms with Crippen LogP contribution in [0.15, 0.2) is 78.9 Å². The van der Waals surface area contributed by atoms with Crippen LogP contribution in [0, 0.1) is 0 Å². The van der Waals surface area contributed by atoms with Crippen molar-refractivity contribution in [3.05, 3.63) is 90.0 Å². The second-order valence-electron chi connectivity index (χ2n) is 6.27. The number of carbonyl (C=O) groups is 2. The minimum Gasteiger partial charge on any atom is -0.344 e. The summed E-state index contributed by atoms with van der Waals surface area (Å²) in [7, 11) is 0. The van der Waals surface area contributed by atoms with E-state index in [1.165, 1.54) is 12.1 Å². The zero-order chi connectivity index (χ0) is 20.9. The largest absolute Gasteiger partial charge is 0.471 e. The van der Waals surface area contributed by atoms with Crippen LogP contribution >= 0.6 is 0 Å². The molecule has 0 heterocycles. The number of carbonyl (C=O) groups excluding carboxylic acids is 2. The summed E-state index contributed by atoms with van der Waals surface area (Å²) < 4.78 is 36.5. The quantitative estimate of drug-likeness (QED) is 0.650. The van der Waals surface area contributed by atoms with E-state index in [2.05, 4.69) is 5.32 Å². The minimum absolute atomic E-state index is 0.256. The van der Waals surface area contributed by atoms with Gasteiger partial charge in [-0.25, -0.2) is 0 Å². The zero-order valence-corrected chi connectivity index (χ0v) is 15.2. The molecule has 2 amide bonds. The summed E-state index contributed by atoms with van der Waals surface area (Å²) in [6, 6.07) is 23.1. The molecule has 0 atom stereocenters. The van der Waals surface area contributed by atoms with Gasteiger partial charge in [0.1, 0.15) is 0 Å². The van der Waals surface area contributed by atoms with Crippen LogP contribution < -0.4 is 10.6 Å². The van der Waals surface area contributed by atoms with Crippen molar-refractivity contribution in [1.29, 1.82) is 0 Å². The molecular weight excluding hydrogens is 381 g/mol. The lowest BCUT2D eigenvalue weighted by atomic mass is 10.0. The van der Waals surface area contributed by atoms with Gasteiger partial charge in [0.25, 0.3) is 5.91 Å². The number of hydrogen-bond acceptors (Lipinski definition) is 2. The van der Waals surface area contributed by atoms with E-state index in [1.54, 1.807) is 29.6 Å². The number of anilines is 1. The average Bonchev–Trinajstić information content (AvgIpc) is 2.73. The van der Waals surface area contributed by atoms with Crippen LogP contribution in [0.2, 0.25) is 0 Å². The molecule has 0 fully saturated rings. The number of rotatable bonds is 5. The Bertz CT molecular complexity index is 983. The molecule has 0 saturated heterocycles. The molecular formula is C22H17F3N2O2. The molecule has 0 spiro atoms. The molecule has 3 rings (SSSR count).